The molecule has 2 aromatic carbocycles. The maximum Gasteiger partial charge on any atom is 0.278 e. The summed E-state index contributed by atoms with van der Waals surface area (Å²) < 4.78 is 5.35. The highest BCUT2D eigenvalue weighted by molar-refractivity contribution is 6.36. The quantitative estimate of drug-likeness (QED) is 0.514. The van der Waals surface area contributed by atoms with E-state index in [1.54, 1.807) is 0 Å². The van der Waals surface area contributed by atoms with E-state index in [0.29, 0.717) is 37.4 Å². The number of carbonyl (C=O) groups excluding carboxylic acids is 2. The summed E-state index contributed by atoms with van der Waals surface area (Å²) in [5, 5.41) is 3.20. The zero-order valence-corrected chi connectivity index (χ0v) is 17.3. The van der Waals surface area contributed by atoms with Crippen LogP contribution in [0.1, 0.15) is 37.0 Å². The molecule has 2 amide bonds. The van der Waals surface area contributed by atoms with Crippen LogP contribution in [0.5, 0.6) is 0 Å². The lowest BCUT2D eigenvalue weighted by Gasteiger charge is -2.15. The minimum Gasteiger partial charge on any atom is -0.382 e. The third-order valence-corrected chi connectivity index (χ3v) is 5.01. The Kier molecular flexibility index (Phi) is 6.83. The fourth-order valence-corrected chi connectivity index (χ4v) is 3.32. The van der Waals surface area contributed by atoms with Gasteiger partial charge in [-0.15, -0.1) is 0 Å². The predicted molar refractivity (Wildman–Crippen MR) is 115 cm³/mol. The third kappa shape index (κ3) is 4.74. The lowest BCUT2D eigenvalue weighted by Crippen LogP contribution is -2.34. The molecule has 0 aromatic heterocycles. The summed E-state index contributed by atoms with van der Waals surface area (Å²) in [6.45, 7) is 7.50. The van der Waals surface area contributed by atoms with Crippen LogP contribution >= 0.6 is 0 Å². The van der Waals surface area contributed by atoms with E-state index < -0.39 is 0 Å². The zero-order chi connectivity index (χ0) is 20.8. The van der Waals surface area contributed by atoms with Crippen molar-refractivity contribution in [1.82, 2.24) is 4.90 Å². The molecule has 0 spiro atoms. The molecular formula is C24H28N2O3. The van der Waals surface area contributed by atoms with Crippen molar-refractivity contribution in [2.75, 3.05) is 25.1 Å². The number of benzene rings is 2. The highest BCUT2D eigenvalue weighted by Crippen LogP contribution is 2.31. The predicted octanol–water partition coefficient (Wildman–Crippen LogP) is 4.18. The first-order chi connectivity index (χ1) is 14.0. The van der Waals surface area contributed by atoms with E-state index in [0.717, 1.165) is 23.2 Å². The van der Waals surface area contributed by atoms with Crippen LogP contribution in [0.15, 0.2) is 54.2 Å². The Morgan fingerprint density at radius 3 is 2.24 bits per heavy atom. The van der Waals surface area contributed by atoms with Gasteiger partial charge in [-0.3, -0.25) is 14.5 Å². The van der Waals surface area contributed by atoms with Crippen molar-refractivity contribution < 1.29 is 14.3 Å². The molecule has 0 aliphatic carbocycles. The summed E-state index contributed by atoms with van der Waals surface area (Å²) in [6, 6.07) is 15.6. The Balaban J connectivity index is 1.91. The molecule has 1 aliphatic heterocycles. The first-order valence-corrected chi connectivity index (χ1v) is 10.2. The van der Waals surface area contributed by atoms with E-state index in [-0.39, 0.29) is 11.8 Å². The number of rotatable bonds is 9. The second-order valence-corrected chi connectivity index (χ2v) is 7.10. The summed E-state index contributed by atoms with van der Waals surface area (Å²) >= 11 is 0. The standard InChI is InChI=1S/C24H28N2O3/c1-4-18-9-13-20(14-10-18)25-22-21(19-11-7-17(3)8-12-19)23(27)26(24(22)28)15-6-16-29-5-2/h7-14,25H,4-6,15-16H2,1-3H3. The van der Waals surface area contributed by atoms with Crippen LogP contribution in [0.4, 0.5) is 5.69 Å². The van der Waals surface area contributed by atoms with Crippen molar-refractivity contribution in [2.24, 2.45) is 0 Å². The Bertz CT molecular complexity index is 899. The van der Waals surface area contributed by atoms with Gasteiger partial charge in [-0.25, -0.2) is 0 Å². The van der Waals surface area contributed by atoms with Crippen LogP contribution in [-0.2, 0) is 20.7 Å². The van der Waals surface area contributed by atoms with Gasteiger partial charge in [-0.05, 0) is 49.9 Å². The molecule has 0 bridgehead atoms. The minimum absolute atomic E-state index is 0.261. The molecule has 0 saturated heterocycles. The van der Waals surface area contributed by atoms with Gasteiger partial charge in [-0.2, -0.15) is 0 Å². The lowest BCUT2D eigenvalue weighted by atomic mass is 10.0. The van der Waals surface area contributed by atoms with Crippen LogP contribution in [0.25, 0.3) is 5.57 Å². The molecule has 0 radical (unpaired) electrons. The SMILES string of the molecule is CCOCCCN1C(=O)C(Nc2ccc(CC)cc2)=C(c2ccc(C)cc2)C1=O. The Hall–Kier alpha value is -2.92. The van der Waals surface area contributed by atoms with Gasteiger partial charge in [-0.1, -0.05) is 48.9 Å². The Morgan fingerprint density at radius 2 is 1.62 bits per heavy atom. The number of carbonyl (C=O) groups is 2. The molecular weight excluding hydrogens is 364 g/mol. The Labute approximate surface area is 172 Å². The molecule has 2 aromatic rings. The van der Waals surface area contributed by atoms with Gasteiger partial charge in [0.25, 0.3) is 11.8 Å². The maximum atomic E-state index is 13.1. The Morgan fingerprint density at radius 1 is 0.931 bits per heavy atom. The number of imide groups is 1. The van der Waals surface area contributed by atoms with E-state index in [4.69, 9.17) is 4.74 Å². The minimum atomic E-state index is -0.290. The number of aryl methyl sites for hydroxylation is 2. The summed E-state index contributed by atoms with van der Waals surface area (Å²) in [6.07, 6.45) is 1.56. The number of hydrogen-bond donors (Lipinski definition) is 1. The summed E-state index contributed by atoms with van der Waals surface area (Å²) in [5.74, 6) is -0.551. The van der Waals surface area contributed by atoms with E-state index in [1.165, 1.54) is 10.5 Å². The van der Waals surface area contributed by atoms with Crippen molar-refractivity contribution in [3.8, 4) is 0 Å². The van der Waals surface area contributed by atoms with Crippen molar-refractivity contribution >= 4 is 23.1 Å². The normalized spacial score (nSPS) is 14.1. The summed E-state index contributed by atoms with van der Waals surface area (Å²) in [5.41, 5.74) is 4.61. The molecule has 29 heavy (non-hydrogen) atoms. The number of ether oxygens (including phenoxy) is 1. The van der Waals surface area contributed by atoms with Crippen LogP contribution in [-0.4, -0.2) is 36.5 Å². The van der Waals surface area contributed by atoms with Gasteiger partial charge in [0.2, 0.25) is 0 Å². The van der Waals surface area contributed by atoms with Crippen LogP contribution < -0.4 is 5.32 Å². The third-order valence-electron chi connectivity index (χ3n) is 5.01. The molecule has 1 heterocycles. The number of anilines is 1. The molecule has 5 nitrogen and oxygen atoms in total. The van der Waals surface area contributed by atoms with Gasteiger partial charge in [0.1, 0.15) is 5.70 Å². The fourth-order valence-electron chi connectivity index (χ4n) is 3.32. The van der Waals surface area contributed by atoms with Crippen LogP contribution in [0, 0.1) is 6.92 Å². The van der Waals surface area contributed by atoms with Crippen molar-refractivity contribution in [3.05, 3.63) is 70.9 Å². The molecule has 1 N–H and O–H groups in total. The summed E-state index contributed by atoms with van der Waals surface area (Å²) in [7, 11) is 0. The lowest BCUT2D eigenvalue weighted by molar-refractivity contribution is -0.137. The van der Waals surface area contributed by atoms with Gasteiger partial charge < -0.3 is 10.1 Å². The molecule has 0 fully saturated rings. The molecule has 3 rings (SSSR count). The first-order valence-electron chi connectivity index (χ1n) is 10.2. The number of nitrogens with one attached hydrogen (secondary N) is 1. The molecule has 0 atom stereocenters. The molecule has 5 heteroatoms. The smallest absolute Gasteiger partial charge is 0.278 e. The average molecular weight is 392 g/mol. The molecule has 152 valence electrons. The van der Waals surface area contributed by atoms with E-state index in [9.17, 15) is 9.59 Å². The topological polar surface area (TPSA) is 58.6 Å². The number of hydrogen-bond acceptors (Lipinski definition) is 4. The fraction of sp³-hybridized carbons (Fsp3) is 0.333. The van der Waals surface area contributed by atoms with Crippen molar-refractivity contribution in [1.29, 1.82) is 0 Å². The zero-order valence-electron chi connectivity index (χ0n) is 17.3. The highest BCUT2D eigenvalue weighted by Gasteiger charge is 2.38. The average Bonchev–Trinajstić information content (AvgIpc) is 2.96. The van der Waals surface area contributed by atoms with E-state index >= 15 is 0 Å². The highest BCUT2D eigenvalue weighted by atomic mass is 16.5. The van der Waals surface area contributed by atoms with Crippen LogP contribution in [0.2, 0.25) is 0 Å². The van der Waals surface area contributed by atoms with Crippen molar-refractivity contribution in [2.45, 2.75) is 33.6 Å². The monoisotopic (exact) mass is 392 g/mol. The van der Waals surface area contributed by atoms with E-state index in [1.807, 2.05) is 62.4 Å². The largest absolute Gasteiger partial charge is 0.382 e. The molecule has 0 saturated carbocycles. The van der Waals surface area contributed by atoms with Gasteiger partial charge in [0.05, 0.1) is 5.57 Å². The van der Waals surface area contributed by atoms with Gasteiger partial charge in [0, 0.05) is 25.4 Å². The van der Waals surface area contributed by atoms with Crippen molar-refractivity contribution in [3.63, 3.8) is 0 Å². The van der Waals surface area contributed by atoms with Crippen LogP contribution in [0.3, 0.4) is 0 Å². The maximum absolute atomic E-state index is 13.1. The number of nitrogens with zero attached hydrogens (tertiary/aromatic N) is 1. The second-order valence-electron chi connectivity index (χ2n) is 7.10. The number of amides is 2. The molecule has 1 aliphatic rings. The van der Waals surface area contributed by atoms with Gasteiger partial charge in [0.15, 0.2) is 0 Å². The van der Waals surface area contributed by atoms with E-state index in [2.05, 4.69) is 12.2 Å². The first kappa shape index (κ1) is 20.8. The van der Waals surface area contributed by atoms with Gasteiger partial charge >= 0.3 is 0 Å². The molecule has 0 unspecified atom stereocenters. The second kappa shape index (κ2) is 9.52. The summed E-state index contributed by atoms with van der Waals surface area (Å²) in [4.78, 5) is 27.6.